The molecule has 0 saturated carbocycles. The molecule has 6 nitrogen and oxygen atoms in total. The summed E-state index contributed by atoms with van der Waals surface area (Å²) in [6.07, 6.45) is 1.17. The topological polar surface area (TPSA) is 76.9 Å². The van der Waals surface area contributed by atoms with Gasteiger partial charge in [-0.05, 0) is 61.5 Å². The quantitative estimate of drug-likeness (QED) is 0.545. The predicted molar refractivity (Wildman–Crippen MR) is 111 cm³/mol. The lowest BCUT2D eigenvalue weighted by Gasteiger charge is -2.11. The first-order valence-corrected chi connectivity index (χ1v) is 10.8. The molecule has 4 aromatic rings. The third kappa shape index (κ3) is 3.71. The van der Waals surface area contributed by atoms with Crippen molar-refractivity contribution in [2.45, 2.75) is 11.8 Å². The maximum absolute atomic E-state index is 13.3. The fourth-order valence-corrected chi connectivity index (χ4v) is 3.88. The molecule has 2 aromatic carbocycles. The van der Waals surface area contributed by atoms with Crippen LogP contribution in [-0.2, 0) is 16.9 Å². The summed E-state index contributed by atoms with van der Waals surface area (Å²) in [7, 11) is -1.41. The van der Waals surface area contributed by atoms with Crippen molar-refractivity contribution in [3.05, 3.63) is 66.1 Å². The van der Waals surface area contributed by atoms with Gasteiger partial charge in [-0.15, -0.1) is 0 Å². The van der Waals surface area contributed by atoms with E-state index < -0.39 is 9.84 Å². The Morgan fingerprint density at radius 2 is 1.69 bits per heavy atom. The summed E-state index contributed by atoms with van der Waals surface area (Å²) in [5.74, 6) is 0.287. The minimum Gasteiger partial charge on any atom is -0.340 e. The Balaban J connectivity index is 1.83. The van der Waals surface area contributed by atoms with E-state index in [9.17, 15) is 12.8 Å². The summed E-state index contributed by atoms with van der Waals surface area (Å²) in [4.78, 5) is 4.99. The number of aryl methyl sites for hydroxylation is 2. The van der Waals surface area contributed by atoms with Crippen LogP contribution in [-0.4, -0.2) is 29.4 Å². The molecule has 148 valence electrons. The molecular weight excluding hydrogens is 391 g/mol. The van der Waals surface area contributed by atoms with E-state index in [2.05, 4.69) is 10.4 Å². The molecule has 0 fully saturated rings. The van der Waals surface area contributed by atoms with Crippen molar-refractivity contribution in [2.24, 2.45) is 7.05 Å². The van der Waals surface area contributed by atoms with Crippen LogP contribution in [0, 0.1) is 12.7 Å². The SMILES string of the molecule is Cc1nn(C)c2cc(-c3ccc(F)cc3)nc(Nc3ccc(S(C)(=O)=O)cc3)c12. The van der Waals surface area contributed by atoms with Crippen molar-refractivity contribution in [1.29, 1.82) is 0 Å². The van der Waals surface area contributed by atoms with Gasteiger partial charge >= 0.3 is 0 Å². The monoisotopic (exact) mass is 410 g/mol. The second-order valence-corrected chi connectivity index (χ2v) is 8.90. The van der Waals surface area contributed by atoms with Crippen LogP contribution in [0.15, 0.2) is 59.5 Å². The van der Waals surface area contributed by atoms with Gasteiger partial charge in [0, 0.05) is 24.6 Å². The first kappa shape index (κ1) is 19.1. The molecule has 0 saturated heterocycles. The van der Waals surface area contributed by atoms with Crippen LogP contribution in [0.4, 0.5) is 15.9 Å². The molecule has 0 aliphatic carbocycles. The number of nitrogens with one attached hydrogen (secondary N) is 1. The zero-order valence-electron chi connectivity index (χ0n) is 16.1. The average Bonchev–Trinajstić information content (AvgIpc) is 2.96. The maximum Gasteiger partial charge on any atom is 0.175 e. The van der Waals surface area contributed by atoms with Gasteiger partial charge in [-0.1, -0.05) is 0 Å². The van der Waals surface area contributed by atoms with Crippen molar-refractivity contribution in [3.8, 4) is 11.3 Å². The summed E-state index contributed by atoms with van der Waals surface area (Å²) in [6.45, 7) is 1.90. The van der Waals surface area contributed by atoms with Gasteiger partial charge < -0.3 is 5.32 Å². The molecule has 4 rings (SSSR count). The number of fused-ring (bicyclic) bond motifs is 1. The normalized spacial score (nSPS) is 11.7. The van der Waals surface area contributed by atoms with Crippen LogP contribution in [0.3, 0.4) is 0 Å². The molecule has 0 bridgehead atoms. The van der Waals surface area contributed by atoms with E-state index >= 15 is 0 Å². The molecule has 0 unspecified atom stereocenters. The second kappa shape index (κ2) is 6.97. The van der Waals surface area contributed by atoms with Crippen molar-refractivity contribution in [2.75, 3.05) is 11.6 Å². The van der Waals surface area contributed by atoms with E-state index in [4.69, 9.17) is 4.98 Å². The van der Waals surface area contributed by atoms with E-state index in [0.29, 0.717) is 17.2 Å². The van der Waals surface area contributed by atoms with Crippen LogP contribution in [0.25, 0.3) is 22.2 Å². The lowest BCUT2D eigenvalue weighted by Crippen LogP contribution is -2.00. The van der Waals surface area contributed by atoms with E-state index in [1.165, 1.54) is 18.4 Å². The van der Waals surface area contributed by atoms with Gasteiger partial charge in [0.1, 0.15) is 11.6 Å². The zero-order valence-corrected chi connectivity index (χ0v) is 17.0. The third-order valence-corrected chi connectivity index (χ3v) is 5.82. The number of pyridine rings is 1. The van der Waals surface area contributed by atoms with Crippen LogP contribution in [0.5, 0.6) is 0 Å². The average molecular weight is 410 g/mol. The molecule has 1 N–H and O–H groups in total. The number of sulfone groups is 1. The van der Waals surface area contributed by atoms with Crippen molar-refractivity contribution >= 4 is 32.2 Å². The van der Waals surface area contributed by atoms with Gasteiger partial charge in [-0.3, -0.25) is 4.68 Å². The number of anilines is 2. The third-order valence-electron chi connectivity index (χ3n) is 4.69. The maximum atomic E-state index is 13.3. The number of nitrogens with zero attached hydrogens (tertiary/aromatic N) is 3. The largest absolute Gasteiger partial charge is 0.340 e. The van der Waals surface area contributed by atoms with Gasteiger partial charge in [0.15, 0.2) is 9.84 Å². The van der Waals surface area contributed by atoms with Gasteiger partial charge in [0.05, 0.1) is 27.2 Å². The number of benzene rings is 2. The van der Waals surface area contributed by atoms with E-state index in [0.717, 1.165) is 22.2 Å². The minimum absolute atomic E-state index is 0.249. The van der Waals surface area contributed by atoms with E-state index in [-0.39, 0.29) is 10.7 Å². The van der Waals surface area contributed by atoms with E-state index in [1.54, 1.807) is 41.1 Å². The summed E-state index contributed by atoms with van der Waals surface area (Å²) in [6, 6.07) is 14.6. The Kier molecular flexibility index (Phi) is 4.58. The fraction of sp³-hybridized carbons (Fsp3) is 0.143. The zero-order chi connectivity index (χ0) is 20.8. The smallest absolute Gasteiger partial charge is 0.175 e. The number of halogens is 1. The molecule has 0 radical (unpaired) electrons. The van der Waals surface area contributed by atoms with Crippen molar-refractivity contribution in [1.82, 2.24) is 14.8 Å². The molecule has 0 aliphatic heterocycles. The Labute approximate surface area is 167 Å². The van der Waals surface area contributed by atoms with Gasteiger partial charge in [-0.2, -0.15) is 5.10 Å². The molecular formula is C21H19FN4O2S. The highest BCUT2D eigenvalue weighted by atomic mass is 32.2. The molecule has 0 aliphatic rings. The Morgan fingerprint density at radius 3 is 2.31 bits per heavy atom. The van der Waals surface area contributed by atoms with Crippen LogP contribution < -0.4 is 5.32 Å². The first-order valence-electron chi connectivity index (χ1n) is 8.90. The lowest BCUT2D eigenvalue weighted by molar-refractivity contribution is 0.602. The van der Waals surface area contributed by atoms with Gasteiger partial charge in [0.25, 0.3) is 0 Å². The Bertz CT molecular complexity index is 1310. The Hall–Kier alpha value is -3.26. The molecule has 29 heavy (non-hydrogen) atoms. The number of rotatable bonds is 4. The molecule has 2 heterocycles. The summed E-state index contributed by atoms with van der Waals surface area (Å²) >= 11 is 0. The fourth-order valence-electron chi connectivity index (χ4n) is 3.25. The van der Waals surface area contributed by atoms with Crippen molar-refractivity contribution in [3.63, 3.8) is 0 Å². The number of hydrogen-bond acceptors (Lipinski definition) is 5. The molecule has 0 atom stereocenters. The highest BCUT2D eigenvalue weighted by Gasteiger charge is 2.15. The van der Waals surface area contributed by atoms with Crippen LogP contribution in [0.2, 0.25) is 0 Å². The highest BCUT2D eigenvalue weighted by molar-refractivity contribution is 7.90. The Morgan fingerprint density at radius 1 is 1.03 bits per heavy atom. The molecule has 2 aromatic heterocycles. The highest BCUT2D eigenvalue weighted by Crippen LogP contribution is 2.32. The van der Waals surface area contributed by atoms with Gasteiger partial charge in [0.2, 0.25) is 0 Å². The van der Waals surface area contributed by atoms with Crippen LogP contribution in [0.1, 0.15) is 5.69 Å². The molecule has 0 spiro atoms. The molecule has 0 amide bonds. The minimum atomic E-state index is -3.26. The van der Waals surface area contributed by atoms with Crippen LogP contribution >= 0.6 is 0 Å². The summed E-state index contributed by atoms with van der Waals surface area (Å²) in [5, 5.41) is 8.62. The molecule has 8 heteroatoms. The summed E-state index contributed by atoms with van der Waals surface area (Å²) < 4.78 is 38.5. The summed E-state index contributed by atoms with van der Waals surface area (Å²) in [5.41, 5.74) is 3.85. The number of hydrogen-bond donors (Lipinski definition) is 1. The predicted octanol–water partition coefficient (Wildman–Crippen LogP) is 4.23. The van der Waals surface area contributed by atoms with E-state index in [1.807, 2.05) is 20.0 Å². The van der Waals surface area contributed by atoms with Crippen molar-refractivity contribution < 1.29 is 12.8 Å². The second-order valence-electron chi connectivity index (χ2n) is 6.89. The number of aromatic nitrogens is 3. The van der Waals surface area contributed by atoms with Gasteiger partial charge in [-0.25, -0.2) is 17.8 Å². The first-order chi connectivity index (χ1) is 13.7. The lowest BCUT2D eigenvalue weighted by atomic mass is 10.1. The standard InChI is InChI=1S/C21H19FN4O2S/c1-13-20-19(26(2)25-13)12-18(14-4-6-15(22)7-5-14)24-21(20)23-16-8-10-17(11-9-16)29(3,27)28/h4-12H,1-3H3,(H,23,24).